The lowest BCUT2D eigenvalue weighted by atomic mass is 10.0. The number of benzene rings is 3. The number of fused-ring (bicyclic) bond motifs is 2. The summed E-state index contributed by atoms with van der Waals surface area (Å²) in [4.78, 5) is 32.6. The molecule has 0 saturated carbocycles. The number of carbonyl (C=O) groups excluding carboxylic acids is 2. The van der Waals surface area contributed by atoms with Crippen LogP contribution < -0.4 is 10.6 Å². The molecule has 10 nitrogen and oxygen atoms in total. The minimum atomic E-state index is -0.0990. The number of hydrogen-bond donors (Lipinski definition) is 2. The zero-order chi connectivity index (χ0) is 34.6. The van der Waals surface area contributed by atoms with Crippen LogP contribution in [0, 0.1) is 0 Å². The molecule has 0 bridgehead atoms. The van der Waals surface area contributed by atoms with Gasteiger partial charge in [-0.25, -0.2) is 14.6 Å². The van der Waals surface area contributed by atoms with Crippen LogP contribution in [0.1, 0.15) is 20.7 Å². The predicted octanol–water partition coefficient (Wildman–Crippen LogP) is 7.34. The molecule has 0 unspecified atom stereocenters. The molecule has 5 heterocycles. The zero-order valence-electron chi connectivity index (χ0n) is 27.2. The van der Waals surface area contributed by atoms with E-state index >= 15 is 0 Å². The Labute approximate surface area is 296 Å². The Hall–Kier alpha value is -6.33. The van der Waals surface area contributed by atoms with Gasteiger partial charge in [0.05, 0.1) is 23.8 Å². The van der Waals surface area contributed by atoms with Crippen molar-refractivity contribution >= 4 is 39.0 Å². The summed E-state index contributed by atoms with van der Waals surface area (Å²) < 4.78 is 6.77. The van der Waals surface area contributed by atoms with Crippen LogP contribution in [0.5, 0.6) is 0 Å². The molecule has 0 aliphatic rings. The number of nitrogens with one attached hydrogen (secondary N) is 2. The van der Waals surface area contributed by atoms with Crippen LogP contribution in [-0.4, -0.2) is 54.5 Å². The van der Waals surface area contributed by atoms with Gasteiger partial charge in [-0.15, -0.1) is 0 Å². The lowest BCUT2D eigenvalue weighted by Gasteiger charge is -2.08. The monoisotopic (exact) mass is 722 g/mol. The van der Waals surface area contributed by atoms with E-state index in [0.717, 1.165) is 55.1 Å². The third-order valence-corrected chi connectivity index (χ3v) is 8.85. The molecule has 0 fully saturated rings. The summed E-state index contributed by atoms with van der Waals surface area (Å²) >= 11 is 3.44. The second-order valence-corrected chi connectivity index (χ2v) is 12.1. The summed E-state index contributed by atoms with van der Waals surface area (Å²) in [6.45, 7) is 0. The van der Waals surface area contributed by atoms with Crippen molar-refractivity contribution in [3.05, 3.63) is 156 Å². The van der Waals surface area contributed by atoms with Crippen molar-refractivity contribution in [1.29, 1.82) is 0 Å². The number of amides is 2. The summed E-state index contributed by atoms with van der Waals surface area (Å²) in [5.74, 6) is -0.186. The number of rotatable bonds is 6. The van der Waals surface area contributed by atoms with Gasteiger partial charge in [0, 0.05) is 55.6 Å². The second-order valence-electron chi connectivity index (χ2n) is 11.3. The highest BCUT2D eigenvalue weighted by atomic mass is 79.9. The van der Waals surface area contributed by atoms with Crippen molar-refractivity contribution in [2.24, 2.45) is 0 Å². The van der Waals surface area contributed by atoms with E-state index in [1.54, 1.807) is 38.6 Å². The first-order valence-corrected chi connectivity index (χ1v) is 16.6. The zero-order valence-corrected chi connectivity index (χ0v) is 28.7. The maximum atomic E-state index is 11.9. The van der Waals surface area contributed by atoms with Crippen LogP contribution >= 0.6 is 15.9 Å². The molecule has 50 heavy (non-hydrogen) atoms. The fourth-order valence-corrected chi connectivity index (χ4v) is 6.10. The van der Waals surface area contributed by atoms with E-state index in [1.165, 1.54) is 0 Å². The highest BCUT2D eigenvalue weighted by molar-refractivity contribution is 9.10. The summed E-state index contributed by atoms with van der Waals surface area (Å²) in [6, 6.07) is 33.3. The van der Waals surface area contributed by atoms with Crippen LogP contribution in [0.4, 0.5) is 0 Å². The highest BCUT2D eigenvalue weighted by Gasteiger charge is 2.11. The smallest absolute Gasteiger partial charge is 0.251 e. The minimum Gasteiger partial charge on any atom is -0.355 e. The quantitative estimate of drug-likeness (QED) is 0.187. The van der Waals surface area contributed by atoms with Gasteiger partial charge in [0.1, 0.15) is 15.9 Å². The molecule has 0 aliphatic carbocycles. The molecule has 2 N–H and O–H groups in total. The molecule has 8 aromatic rings. The van der Waals surface area contributed by atoms with E-state index < -0.39 is 0 Å². The summed E-state index contributed by atoms with van der Waals surface area (Å²) in [7, 11) is 3.26. The average Bonchev–Trinajstić information content (AvgIpc) is 3.95. The number of halogens is 1. The van der Waals surface area contributed by atoms with Crippen LogP contribution in [-0.2, 0) is 0 Å². The predicted molar refractivity (Wildman–Crippen MR) is 198 cm³/mol. The van der Waals surface area contributed by atoms with E-state index in [4.69, 9.17) is 0 Å². The van der Waals surface area contributed by atoms with Crippen LogP contribution in [0.15, 0.2) is 145 Å². The molecule has 8 rings (SSSR count). The Morgan fingerprint density at radius 3 is 1.78 bits per heavy atom. The molecule has 11 heteroatoms. The summed E-state index contributed by atoms with van der Waals surface area (Å²) in [6.07, 6.45) is 11.3. The van der Waals surface area contributed by atoms with E-state index in [9.17, 15) is 9.59 Å². The molecular formula is C39H31BrN8O2. The van der Waals surface area contributed by atoms with Crippen molar-refractivity contribution in [2.75, 3.05) is 14.1 Å². The van der Waals surface area contributed by atoms with Gasteiger partial charge in [0.2, 0.25) is 0 Å². The average molecular weight is 724 g/mol. The van der Waals surface area contributed by atoms with Crippen molar-refractivity contribution < 1.29 is 9.59 Å². The van der Waals surface area contributed by atoms with E-state index in [2.05, 4.69) is 58.2 Å². The molecular weight excluding hydrogens is 692 g/mol. The number of pyridine rings is 2. The standard InChI is InChI=1S/C24H19N5O.C15H12BrN3O/c1-25-24(30)20-7-2-5-17(13-20)18-9-12-28-22(16-26-23(28)15-18)19-6-3-8-21(14-19)29-11-4-10-27-29;1-17-15(20)12-4-2-3-10(7-12)11-5-6-19-13(16)9-18-14(19)8-11/h2-16H,1H3,(H,25,30);2-9H,1H3,(H,17,20). The molecule has 0 saturated heterocycles. The number of carbonyl (C=O) groups is 2. The number of nitrogens with zero attached hydrogens (tertiary/aromatic N) is 6. The second kappa shape index (κ2) is 14.0. The number of imidazole rings is 2. The maximum absolute atomic E-state index is 11.9. The highest BCUT2D eigenvalue weighted by Crippen LogP contribution is 2.27. The Bertz CT molecular complexity index is 2480. The van der Waals surface area contributed by atoms with E-state index in [0.29, 0.717) is 11.1 Å². The number of hydrogen-bond acceptors (Lipinski definition) is 5. The maximum Gasteiger partial charge on any atom is 0.251 e. The normalized spacial score (nSPS) is 10.9. The summed E-state index contributed by atoms with van der Waals surface area (Å²) in [5, 5.41) is 9.60. The van der Waals surface area contributed by atoms with Crippen molar-refractivity contribution in [2.45, 2.75) is 0 Å². The van der Waals surface area contributed by atoms with Crippen LogP contribution in [0.3, 0.4) is 0 Å². The van der Waals surface area contributed by atoms with Crippen molar-refractivity contribution in [3.63, 3.8) is 0 Å². The van der Waals surface area contributed by atoms with Gasteiger partial charge >= 0.3 is 0 Å². The lowest BCUT2D eigenvalue weighted by Crippen LogP contribution is -2.17. The molecule has 0 radical (unpaired) electrons. The summed E-state index contributed by atoms with van der Waals surface area (Å²) in [5.41, 5.74) is 10.1. The van der Waals surface area contributed by atoms with E-state index in [1.807, 2.05) is 113 Å². The molecule has 0 spiro atoms. The molecule has 2 amide bonds. The molecule has 0 atom stereocenters. The van der Waals surface area contributed by atoms with Crippen molar-refractivity contribution in [1.82, 2.24) is 39.2 Å². The van der Waals surface area contributed by atoms with Crippen molar-refractivity contribution in [3.8, 4) is 39.2 Å². The lowest BCUT2D eigenvalue weighted by molar-refractivity contribution is 0.0955. The first-order valence-electron chi connectivity index (χ1n) is 15.8. The minimum absolute atomic E-state index is 0.0866. The van der Waals surface area contributed by atoms with Gasteiger partial charge in [-0.2, -0.15) is 5.10 Å². The Morgan fingerprint density at radius 2 is 1.16 bits per heavy atom. The molecule has 0 aliphatic heterocycles. The fourth-order valence-electron chi connectivity index (χ4n) is 5.70. The van der Waals surface area contributed by atoms with Gasteiger partial charge < -0.3 is 10.6 Å². The Balaban J connectivity index is 0.000000170. The number of aromatic nitrogens is 6. The SMILES string of the molecule is CNC(=O)c1cccc(-c2ccn3c(-c4cccc(-n5cccn5)c4)cnc3c2)c1.CNC(=O)c1cccc(-c2ccn3c(Br)cnc3c2)c1. The van der Waals surface area contributed by atoms with Crippen LogP contribution in [0.2, 0.25) is 0 Å². The third-order valence-electron chi connectivity index (χ3n) is 8.26. The van der Waals surface area contributed by atoms with Gasteiger partial charge in [-0.1, -0.05) is 36.4 Å². The van der Waals surface area contributed by atoms with E-state index in [-0.39, 0.29) is 11.8 Å². The topological polar surface area (TPSA) is 111 Å². The fraction of sp³-hybridized carbons (Fsp3) is 0.0513. The molecule has 246 valence electrons. The first-order chi connectivity index (χ1) is 24.4. The van der Waals surface area contributed by atoms with Gasteiger partial charge in [0.25, 0.3) is 11.8 Å². The third kappa shape index (κ3) is 6.54. The molecule has 3 aromatic carbocycles. The van der Waals surface area contributed by atoms with Gasteiger partial charge in [-0.3, -0.25) is 18.4 Å². The van der Waals surface area contributed by atoms with Gasteiger partial charge in [0.15, 0.2) is 0 Å². The van der Waals surface area contributed by atoms with Gasteiger partial charge in [-0.05, 0) is 105 Å². The van der Waals surface area contributed by atoms with Crippen LogP contribution in [0.25, 0.3) is 50.5 Å². The largest absolute Gasteiger partial charge is 0.355 e. The molecule has 5 aromatic heterocycles. The Morgan fingerprint density at radius 1 is 0.600 bits per heavy atom. The Kier molecular flexibility index (Phi) is 9.04. The first kappa shape index (κ1) is 32.2.